The van der Waals surface area contributed by atoms with Gasteiger partial charge in [0.15, 0.2) is 0 Å². The van der Waals surface area contributed by atoms with Gasteiger partial charge in [0, 0.05) is 37.6 Å². The second-order valence-electron chi connectivity index (χ2n) is 6.29. The zero-order valence-electron chi connectivity index (χ0n) is 13.9. The molecule has 1 aliphatic rings. The number of hydrogen-bond acceptors (Lipinski definition) is 5. The van der Waals surface area contributed by atoms with E-state index in [0.717, 1.165) is 31.7 Å². The van der Waals surface area contributed by atoms with Crippen molar-refractivity contribution in [3.05, 3.63) is 65.2 Å². The lowest BCUT2D eigenvalue weighted by atomic mass is 9.98. The maximum absolute atomic E-state index is 12.2. The summed E-state index contributed by atoms with van der Waals surface area (Å²) in [5, 5.41) is 0. The standard InChI is InChI=1S/C19H20N4O2/c24-19-13-17(21-16-5-2-4-10-23(16)19)22-11-7-15(8-12-22)14-25-18-6-1-3-9-20-18/h1-6,9-10,13,15H,7-8,11-12,14H2. The molecule has 4 rings (SSSR count). The van der Waals surface area contributed by atoms with Crippen molar-refractivity contribution in [1.29, 1.82) is 0 Å². The quantitative estimate of drug-likeness (QED) is 0.732. The molecule has 1 aliphatic heterocycles. The minimum absolute atomic E-state index is 0.0405. The Hall–Kier alpha value is -2.89. The lowest BCUT2D eigenvalue weighted by Gasteiger charge is -2.32. The molecular formula is C19H20N4O2. The van der Waals surface area contributed by atoms with Crippen LogP contribution in [0.2, 0.25) is 0 Å². The SMILES string of the molecule is O=c1cc(N2CCC(COc3ccccn3)CC2)nc2ccccn12. The molecule has 128 valence electrons. The third kappa shape index (κ3) is 3.47. The van der Waals surface area contributed by atoms with Gasteiger partial charge in [0.05, 0.1) is 6.61 Å². The van der Waals surface area contributed by atoms with Crippen molar-refractivity contribution in [2.45, 2.75) is 12.8 Å². The topological polar surface area (TPSA) is 59.7 Å². The molecule has 1 fully saturated rings. The fraction of sp³-hybridized carbons (Fsp3) is 0.316. The van der Waals surface area contributed by atoms with Gasteiger partial charge >= 0.3 is 0 Å². The van der Waals surface area contributed by atoms with Crippen LogP contribution in [0.5, 0.6) is 5.88 Å². The van der Waals surface area contributed by atoms with Crippen molar-refractivity contribution >= 4 is 11.5 Å². The van der Waals surface area contributed by atoms with E-state index in [2.05, 4.69) is 14.9 Å². The summed E-state index contributed by atoms with van der Waals surface area (Å²) in [4.78, 5) is 23.2. The van der Waals surface area contributed by atoms with Crippen LogP contribution in [0.25, 0.3) is 5.65 Å². The molecule has 4 heterocycles. The first-order chi connectivity index (χ1) is 12.3. The van der Waals surface area contributed by atoms with E-state index in [1.165, 1.54) is 0 Å². The van der Waals surface area contributed by atoms with Gasteiger partial charge in [-0.3, -0.25) is 9.20 Å². The number of piperidine rings is 1. The van der Waals surface area contributed by atoms with Crippen LogP contribution in [0.4, 0.5) is 5.82 Å². The minimum Gasteiger partial charge on any atom is -0.477 e. The van der Waals surface area contributed by atoms with Crippen LogP contribution in [0.1, 0.15) is 12.8 Å². The molecule has 0 bridgehead atoms. The Morgan fingerprint density at radius 1 is 1.12 bits per heavy atom. The van der Waals surface area contributed by atoms with Crippen molar-refractivity contribution < 1.29 is 4.74 Å². The van der Waals surface area contributed by atoms with E-state index in [-0.39, 0.29) is 5.56 Å². The molecule has 0 aromatic carbocycles. The van der Waals surface area contributed by atoms with Gasteiger partial charge < -0.3 is 9.64 Å². The third-order valence-corrected chi connectivity index (χ3v) is 4.60. The number of nitrogens with zero attached hydrogens (tertiary/aromatic N) is 4. The average Bonchev–Trinajstić information content (AvgIpc) is 2.68. The minimum atomic E-state index is -0.0405. The van der Waals surface area contributed by atoms with Crippen molar-refractivity contribution in [2.24, 2.45) is 5.92 Å². The van der Waals surface area contributed by atoms with Gasteiger partial charge in [-0.15, -0.1) is 0 Å². The molecule has 3 aromatic heterocycles. The van der Waals surface area contributed by atoms with Gasteiger partial charge in [-0.05, 0) is 37.0 Å². The van der Waals surface area contributed by atoms with E-state index in [0.29, 0.717) is 24.1 Å². The summed E-state index contributed by atoms with van der Waals surface area (Å²) in [6.45, 7) is 2.44. The predicted octanol–water partition coefficient (Wildman–Crippen LogP) is 2.38. The molecular weight excluding hydrogens is 316 g/mol. The number of hydrogen-bond donors (Lipinski definition) is 0. The van der Waals surface area contributed by atoms with Crippen molar-refractivity contribution in [2.75, 3.05) is 24.6 Å². The van der Waals surface area contributed by atoms with Crippen molar-refractivity contribution in [1.82, 2.24) is 14.4 Å². The molecule has 0 radical (unpaired) electrons. The van der Waals surface area contributed by atoms with Crippen molar-refractivity contribution in [3.8, 4) is 5.88 Å². The zero-order chi connectivity index (χ0) is 17.1. The highest BCUT2D eigenvalue weighted by atomic mass is 16.5. The molecule has 0 spiro atoms. The highest BCUT2D eigenvalue weighted by Gasteiger charge is 2.21. The number of rotatable bonds is 4. The number of anilines is 1. The van der Waals surface area contributed by atoms with E-state index >= 15 is 0 Å². The summed E-state index contributed by atoms with van der Waals surface area (Å²) in [5.41, 5.74) is 0.645. The van der Waals surface area contributed by atoms with Crippen LogP contribution < -0.4 is 15.2 Å². The van der Waals surface area contributed by atoms with E-state index in [9.17, 15) is 4.79 Å². The van der Waals surface area contributed by atoms with Gasteiger partial charge in [-0.1, -0.05) is 12.1 Å². The summed E-state index contributed by atoms with van der Waals surface area (Å²) in [6, 6.07) is 12.9. The zero-order valence-corrected chi connectivity index (χ0v) is 13.9. The summed E-state index contributed by atoms with van der Waals surface area (Å²) in [6.07, 6.45) is 5.52. The maximum Gasteiger partial charge on any atom is 0.259 e. The van der Waals surface area contributed by atoms with Gasteiger partial charge in [0.25, 0.3) is 5.56 Å². The molecule has 0 saturated carbocycles. The lowest BCUT2D eigenvalue weighted by Crippen LogP contribution is -2.37. The Kier molecular flexibility index (Phi) is 4.33. The molecule has 3 aromatic rings. The number of aromatic nitrogens is 3. The molecule has 25 heavy (non-hydrogen) atoms. The van der Waals surface area contributed by atoms with Crippen molar-refractivity contribution in [3.63, 3.8) is 0 Å². The first-order valence-corrected chi connectivity index (χ1v) is 8.57. The predicted molar refractivity (Wildman–Crippen MR) is 96.1 cm³/mol. The van der Waals surface area contributed by atoms with Crippen LogP contribution in [-0.4, -0.2) is 34.1 Å². The molecule has 0 N–H and O–H groups in total. The maximum atomic E-state index is 12.2. The summed E-state index contributed by atoms with van der Waals surface area (Å²) in [5.74, 6) is 1.94. The first kappa shape index (κ1) is 15.6. The molecule has 6 heteroatoms. The second kappa shape index (κ2) is 6.93. The van der Waals surface area contributed by atoms with Crippen LogP contribution >= 0.6 is 0 Å². The first-order valence-electron chi connectivity index (χ1n) is 8.57. The van der Waals surface area contributed by atoms with Gasteiger partial charge in [0.2, 0.25) is 5.88 Å². The van der Waals surface area contributed by atoms with E-state index < -0.39 is 0 Å². The highest BCUT2D eigenvalue weighted by molar-refractivity contribution is 5.48. The summed E-state index contributed by atoms with van der Waals surface area (Å²) < 4.78 is 7.33. The molecule has 1 saturated heterocycles. The third-order valence-electron chi connectivity index (χ3n) is 4.60. The lowest BCUT2D eigenvalue weighted by molar-refractivity contribution is 0.216. The highest BCUT2D eigenvalue weighted by Crippen LogP contribution is 2.22. The Morgan fingerprint density at radius 2 is 1.96 bits per heavy atom. The fourth-order valence-electron chi connectivity index (χ4n) is 3.17. The number of pyridine rings is 2. The number of fused-ring (bicyclic) bond motifs is 1. The molecule has 0 unspecified atom stereocenters. The Morgan fingerprint density at radius 3 is 2.76 bits per heavy atom. The Bertz CT molecular complexity index is 902. The van der Waals surface area contributed by atoms with Crippen LogP contribution in [0.15, 0.2) is 59.7 Å². The van der Waals surface area contributed by atoms with E-state index in [1.54, 1.807) is 22.9 Å². The molecule has 0 amide bonds. The smallest absolute Gasteiger partial charge is 0.259 e. The van der Waals surface area contributed by atoms with E-state index in [4.69, 9.17) is 4.74 Å². The van der Waals surface area contributed by atoms with Crippen LogP contribution in [0, 0.1) is 5.92 Å². The average molecular weight is 336 g/mol. The Balaban J connectivity index is 1.39. The molecule has 6 nitrogen and oxygen atoms in total. The molecule has 0 aliphatic carbocycles. The van der Waals surface area contributed by atoms with Gasteiger partial charge in [-0.25, -0.2) is 9.97 Å². The second-order valence-corrected chi connectivity index (χ2v) is 6.29. The molecule has 0 atom stereocenters. The van der Waals surface area contributed by atoms with E-state index in [1.807, 2.05) is 36.4 Å². The largest absolute Gasteiger partial charge is 0.477 e. The van der Waals surface area contributed by atoms with Gasteiger partial charge in [-0.2, -0.15) is 0 Å². The summed E-state index contributed by atoms with van der Waals surface area (Å²) in [7, 11) is 0. The van der Waals surface area contributed by atoms with Crippen LogP contribution in [-0.2, 0) is 0 Å². The fourth-order valence-corrected chi connectivity index (χ4v) is 3.17. The van der Waals surface area contributed by atoms with Gasteiger partial charge in [0.1, 0.15) is 11.5 Å². The monoisotopic (exact) mass is 336 g/mol. The summed E-state index contributed by atoms with van der Waals surface area (Å²) >= 11 is 0. The normalized spacial score (nSPS) is 15.4. The Labute approximate surface area is 145 Å². The van der Waals surface area contributed by atoms with Crippen LogP contribution in [0.3, 0.4) is 0 Å². The number of ether oxygens (including phenoxy) is 1.